The van der Waals surface area contributed by atoms with Gasteiger partial charge in [0.05, 0.1) is 25.7 Å². The minimum Gasteiger partial charge on any atom is -0.378 e. The first-order chi connectivity index (χ1) is 13.0. The molecule has 0 saturated carbocycles. The Balaban J connectivity index is 1.47. The van der Waals surface area contributed by atoms with Gasteiger partial charge in [0.25, 0.3) is 10.0 Å². The number of nitrogens with one attached hydrogen (secondary N) is 1. The molecule has 4 rings (SSSR count). The number of aromatic nitrogens is 4. The normalized spacial score (nSPS) is 19.4. The quantitative estimate of drug-likeness (QED) is 0.765. The number of ether oxygens (including phenoxy) is 1. The number of rotatable bonds is 4. The number of piperazine rings is 1. The summed E-state index contributed by atoms with van der Waals surface area (Å²) < 4.78 is 32.1. The fraction of sp³-hybridized carbons (Fsp3) is 0.562. The average Bonchev–Trinajstić information content (AvgIpc) is 3.24. The van der Waals surface area contributed by atoms with Crippen LogP contribution in [0.25, 0.3) is 0 Å². The standard InChI is InChI=1S/C16H23N7O3S/c1-13-10-14(20-16(19-13)22-6-8-26-9-7-22)21-2-4-23(5-3-21)27(24,25)15-11-17-12-18-15/h10-12H,2-9H2,1H3,(H,17,18). The molecule has 2 aliphatic heterocycles. The Morgan fingerprint density at radius 1 is 1.04 bits per heavy atom. The van der Waals surface area contributed by atoms with Crippen molar-refractivity contribution in [3.05, 3.63) is 24.3 Å². The van der Waals surface area contributed by atoms with Crippen molar-refractivity contribution in [2.24, 2.45) is 0 Å². The van der Waals surface area contributed by atoms with Crippen molar-refractivity contribution in [3.63, 3.8) is 0 Å². The van der Waals surface area contributed by atoms with Gasteiger partial charge in [0.1, 0.15) is 5.82 Å². The van der Waals surface area contributed by atoms with Crippen LogP contribution in [0.4, 0.5) is 11.8 Å². The Labute approximate surface area is 158 Å². The van der Waals surface area contributed by atoms with Gasteiger partial charge in [0.15, 0.2) is 5.03 Å². The number of nitrogens with zero attached hydrogens (tertiary/aromatic N) is 6. The summed E-state index contributed by atoms with van der Waals surface area (Å²) in [6.45, 7) is 6.81. The molecule has 2 fully saturated rings. The maximum atomic E-state index is 12.6. The van der Waals surface area contributed by atoms with Crippen molar-refractivity contribution < 1.29 is 13.2 Å². The first-order valence-electron chi connectivity index (χ1n) is 8.96. The molecule has 0 aromatic carbocycles. The fourth-order valence-corrected chi connectivity index (χ4v) is 4.60. The van der Waals surface area contributed by atoms with E-state index in [-0.39, 0.29) is 5.03 Å². The highest BCUT2D eigenvalue weighted by molar-refractivity contribution is 7.89. The molecule has 2 aliphatic rings. The van der Waals surface area contributed by atoms with Crippen molar-refractivity contribution >= 4 is 21.8 Å². The second-order valence-electron chi connectivity index (χ2n) is 6.57. The van der Waals surface area contributed by atoms with Crippen LogP contribution in [0.5, 0.6) is 0 Å². The van der Waals surface area contributed by atoms with Crippen molar-refractivity contribution in [1.82, 2.24) is 24.2 Å². The molecule has 0 aliphatic carbocycles. The van der Waals surface area contributed by atoms with Crippen molar-refractivity contribution in [2.75, 3.05) is 62.3 Å². The van der Waals surface area contributed by atoms with Crippen molar-refractivity contribution in [2.45, 2.75) is 11.9 Å². The van der Waals surface area contributed by atoms with Gasteiger partial charge in [-0.1, -0.05) is 0 Å². The molecule has 0 atom stereocenters. The van der Waals surface area contributed by atoms with Gasteiger partial charge >= 0.3 is 0 Å². The highest BCUT2D eigenvalue weighted by Crippen LogP contribution is 2.21. The number of hydrogen-bond acceptors (Lipinski definition) is 8. The highest BCUT2D eigenvalue weighted by Gasteiger charge is 2.30. The van der Waals surface area contributed by atoms with Gasteiger partial charge in [-0.25, -0.2) is 18.4 Å². The molecule has 0 unspecified atom stereocenters. The largest absolute Gasteiger partial charge is 0.378 e. The van der Waals surface area contributed by atoms with Crippen LogP contribution in [0.1, 0.15) is 5.69 Å². The zero-order chi connectivity index (χ0) is 18.9. The molecular formula is C16H23N7O3S. The summed E-state index contributed by atoms with van der Waals surface area (Å²) in [6, 6.07) is 1.95. The molecule has 0 spiro atoms. The lowest BCUT2D eigenvalue weighted by molar-refractivity contribution is 0.122. The average molecular weight is 393 g/mol. The molecule has 0 bridgehead atoms. The monoisotopic (exact) mass is 393 g/mol. The number of H-pyrrole nitrogens is 1. The molecule has 0 radical (unpaired) electrons. The smallest absolute Gasteiger partial charge is 0.260 e. The van der Waals surface area contributed by atoms with Crippen LogP contribution < -0.4 is 9.80 Å². The zero-order valence-electron chi connectivity index (χ0n) is 15.2. The number of morpholine rings is 1. The Morgan fingerprint density at radius 2 is 1.78 bits per heavy atom. The minimum atomic E-state index is -3.52. The van der Waals surface area contributed by atoms with E-state index >= 15 is 0 Å². The first-order valence-corrected chi connectivity index (χ1v) is 10.4. The van der Waals surface area contributed by atoms with Gasteiger partial charge in [-0.05, 0) is 6.92 Å². The van der Waals surface area contributed by atoms with E-state index in [2.05, 4.69) is 24.8 Å². The summed E-state index contributed by atoms with van der Waals surface area (Å²) in [5, 5.41) is 0.128. The zero-order valence-corrected chi connectivity index (χ0v) is 16.0. The minimum absolute atomic E-state index is 0.128. The maximum absolute atomic E-state index is 12.6. The molecule has 2 aromatic rings. The second-order valence-corrected chi connectivity index (χ2v) is 8.48. The van der Waals surface area contributed by atoms with E-state index in [9.17, 15) is 8.42 Å². The Kier molecular flexibility index (Phi) is 4.98. The molecule has 11 heteroatoms. The molecule has 1 N–H and O–H groups in total. The number of aromatic amines is 1. The van der Waals surface area contributed by atoms with E-state index in [4.69, 9.17) is 9.72 Å². The van der Waals surface area contributed by atoms with E-state index < -0.39 is 10.0 Å². The lowest BCUT2D eigenvalue weighted by Gasteiger charge is -2.35. The molecule has 146 valence electrons. The molecule has 10 nitrogen and oxygen atoms in total. The number of imidazole rings is 1. The Morgan fingerprint density at radius 3 is 2.44 bits per heavy atom. The van der Waals surface area contributed by atoms with Gasteiger partial charge in [0.2, 0.25) is 5.95 Å². The van der Waals surface area contributed by atoms with Crippen LogP contribution in [0.2, 0.25) is 0 Å². The summed E-state index contributed by atoms with van der Waals surface area (Å²) in [4.78, 5) is 20.0. The summed E-state index contributed by atoms with van der Waals surface area (Å²) >= 11 is 0. The van der Waals surface area contributed by atoms with Gasteiger partial charge < -0.3 is 19.5 Å². The summed E-state index contributed by atoms with van der Waals surface area (Å²) in [6.07, 6.45) is 2.71. The van der Waals surface area contributed by atoms with E-state index in [1.165, 1.54) is 16.8 Å². The van der Waals surface area contributed by atoms with Gasteiger partial charge in [-0.2, -0.15) is 9.29 Å². The van der Waals surface area contributed by atoms with E-state index in [0.29, 0.717) is 45.3 Å². The summed E-state index contributed by atoms with van der Waals surface area (Å²) in [5.74, 6) is 1.54. The van der Waals surface area contributed by atoms with E-state index in [1.54, 1.807) is 0 Å². The van der Waals surface area contributed by atoms with Crippen LogP contribution in [0.3, 0.4) is 0 Å². The Hall–Kier alpha value is -2.24. The lowest BCUT2D eigenvalue weighted by atomic mass is 10.3. The highest BCUT2D eigenvalue weighted by atomic mass is 32.2. The number of anilines is 2. The van der Waals surface area contributed by atoms with Crippen molar-refractivity contribution in [1.29, 1.82) is 0 Å². The van der Waals surface area contributed by atoms with Crippen molar-refractivity contribution in [3.8, 4) is 0 Å². The molecule has 2 saturated heterocycles. The topological polar surface area (TPSA) is 108 Å². The van der Waals surface area contributed by atoms with Gasteiger partial charge in [-0.15, -0.1) is 0 Å². The number of aryl methyl sites for hydroxylation is 1. The predicted octanol–water partition coefficient (Wildman–Crippen LogP) is -0.144. The maximum Gasteiger partial charge on any atom is 0.260 e. The summed E-state index contributed by atoms with van der Waals surface area (Å²) in [5.41, 5.74) is 0.897. The third kappa shape index (κ3) is 3.75. The van der Waals surface area contributed by atoms with Crippen LogP contribution in [0, 0.1) is 6.92 Å². The summed E-state index contributed by atoms with van der Waals surface area (Å²) in [7, 11) is -3.52. The van der Waals surface area contributed by atoms with Crippen LogP contribution in [-0.4, -0.2) is 85.1 Å². The lowest BCUT2D eigenvalue weighted by Crippen LogP contribution is -2.49. The van der Waals surface area contributed by atoms with Crippen LogP contribution in [0.15, 0.2) is 23.6 Å². The third-order valence-corrected chi connectivity index (χ3v) is 6.60. The van der Waals surface area contributed by atoms with Crippen LogP contribution >= 0.6 is 0 Å². The SMILES string of the molecule is Cc1cc(N2CCN(S(=O)(=O)c3cnc[nH]3)CC2)nc(N2CCOCC2)n1. The van der Waals surface area contributed by atoms with Crippen LogP contribution in [-0.2, 0) is 14.8 Å². The number of hydrogen-bond donors (Lipinski definition) is 1. The first kappa shape index (κ1) is 18.1. The van der Waals surface area contributed by atoms with E-state index in [1.807, 2.05) is 13.0 Å². The number of sulfonamides is 1. The molecule has 27 heavy (non-hydrogen) atoms. The third-order valence-electron chi connectivity index (χ3n) is 4.78. The molecule has 4 heterocycles. The molecular weight excluding hydrogens is 370 g/mol. The van der Waals surface area contributed by atoms with Gasteiger partial charge in [-0.3, -0.25) is 0 Å². The molecule has 2 aromatic heterocycles. The predicted molar refractivity (Wildman–Crippen MR) is 99.4 cm³/mol. The Bertz CT molecular complexity index is 873. The fourth-order valence-electron chi connectivity index (χ4n) is 3.28. The van der Waals surface area contributed by atoms with Gasteiger partial charge in [0, 0.05) is 51.0 Å². The van der Waals surface area contributed by atoms with E-state index in [0.717, 1.165) is 24.6 Å². The second kappa shape index (κ2) is 7.41. The molecule has 0 amide bonds.